The van der Waals surface area contributed by atoms with Crippen LogP contribution in [0.5, 0.6) is 0 Å². The van der Waals surface area contributed by atoms with Crippen molar-refractivity contribution in [2.24, 2.45) is 0 Å². The van der Waals surface area contributed by atoms with Crippen LogP contribution in [0.25, 0.3) is 11.5 Å². The average Bonchev–Trinajstić information content (AvgIpc) is 3.09. The maximum absolute atomic E-state index is 12.5. The van der Waals surface area contributed by atoms with Gasteiger partial charge in [0.1, 0.15) is 0 Å². The fourth-order valence-corrected chi connectivity index (χ4v) is 2.51. The van der Waals surface area contributed by atoms with Gasteiger partial charge in [0.25, 0.3) is 11.8 Å². The summed E-state index contributed by atoms with van der Waals surface area (Å²) in [5.74, 6) is 0.441. The molecule has 2 aromatic carbocycles. The molecule has 1 heterocycles. The minimum atomic E-state index is -0.257. The van der Waals surface area contributed by atoms with Gasteiger partial charge < -0.3 is 14.7 Å². The van der Waals surface area contributed by atoms with Gasteiger partial charge in [-0.25, -0.2) is 0 Å². The highest BCUT2D eigenvalue weighted by atomic mass is 16.5. The quantitative estimate of drug-likeness (QED) is 0.752. The van der Waals surface area contributed by atoms with E-state index in [9.17, 15) is 9.59 Å². The molecule has 3 aromatic rings. The van der Waals surface area contributed by atoms with Crippen molar-refractivity contribution in [3.8, 4) is 11.5 Å². The molecule has 3 rings (SSSR count). The summed E-state index contributed by atoms with van der Waals surface area (Å²) in [6, 6.07) is 14.3. The summed E-state index contributed by atoms with van der Waals surface area (Å²) in [6.07, 6.45) is 0. The molecule has 0 aliphatic heterocycles. The number of benzene rings is 2. The van der Waals surface area contributed by atoms with Crippen molar-refractivity contribution < 1.29 is 14.1 Å². The first kappa shape index (κ1) is 18.3. The highest BCUT2D eigenvalue weighted by molar-refractivity contribution is 5.99. The Morgan fingerprint density at radius 3 is 2.30 bits per heavy atom. The lowest BCUT2D eigenvalue weighted by molar-refractivity contribution is -0.116. The van der Waals surface area contributed by atoms with Crippen molar-refractivity contribution in [2.75, 3.05) is 18.9 Å². The molecule has 7 heteroatoms. The van der Waals surface area contributed by atoms with Crippen LogP contribution in [0, 0.1) is 13.8 Å². The molecule has 27 heavy (non-hydrogen) atoms. The molecule has 0 saturated carbocycles. The maximum Gasteiger partial charge on any atom is 0.257 e. The summed E-state index contributed by atoms with van der Waals surface area (Å²) in [5, 5.41) is 6.52. The Balaban J connectivity index is 1.61. The number of carbonyl (C=O) groups is 2. The molecule has 0 atom stereocenters. The van der Waals surface area contributed by atoms with Crippen molar-refractivity contribution in [1.82, 2.24) is 15.0 Å². The number of aryl methyl sites for hydroxylation is 2. The van der Waals surface area contributed by atoms with Crippen LogP contribution in [-0.2, 0) is 4.79 Å². The molecule has 0 aliphatic carbocycles. The topological polar surface area (TPSA) is 88.3 Å². The largest absolute Gasteiger partial charge is 0.334 e. The van der Waals surface area contributed by atoms with E-state index in [0.29, 0.717) is 23.0 Å². The monoisotopic (exact) mass is 364 g/mol. The Kier molecular flexibility index (Phi) is 5.30. The fraction of sp³-hybridized carbons (Fsp3) is 0.200. The number of carbonyl (C=O) groups excluding carboxylic acids is 2. The zero-order chi connectivity index (χ0) is 19.4. The number of hydrogen-bond acceptors (Lipinski definition) is 5. The van der Waals surface area contributed by atoms with Gasteiger partial charge in [-0.1, -0.05) is 22.9 Å². The second-order valence-corrected chi connectivity index (χ2v) is 6.30. The van der Waals surface area contributed by atoms with Crippen LogP contribution in [-0.4, -0.2) is 40.4 Å². The molecule has 2 amide bonds. The van der Waals surface area contributed by atoms with E-state index in [4.69, 9.17) is 4.52 Å². The van der Waals surface area contributed by atoms with E-state index >= 15 is 0 Å². The van der Waals surface area contributed by atoms with Crippen LogP contribution < -0.4 is 5.32 Å². The third-order valence-corrected chi connectivity index (χ3v) is 3.97. The van der Waals surface area contributed by atoms with Crippen LogP contribution in [0.1, 0.15) is 21.7 Å². The number of nitrogens with one attached hydrogen (secondary N) is 1. The predicted octanol–water partition coefficient (Wildman–Crippen LogP) is 3.06. The van der Waals surface area contributed by atoms with Gasteiger partial charge in [-0.2, -0.15) is 4.98 Å². The third-order valence-electron chi connectivity index (χ3n) is 3.97. The standard InChI is InChI=1S/C20H20N4O3/c1-13-4-10-17(11-5-13)22-18(25)12-24(3)20(26)16-8-6-15(7-9-16)19-21-14(2)23-27-19/h4-11H,12H2,1-3H3,(H,22,25). The Morgan fingerprint density at radius 1 is 1.04 bits per heavy atom. The van der Waals surface area contributed by atoms with E-state index in [-0.39, 0.29) is 18.4 Å². The second kappa shape index (κ2) is 7.82. The van der Waals surface area contributed by atoms with Gasteiger partial charge in [0.05, 0.1) is 6.54 Å². The molecule has 0 saturated heterocycles. The molecule has 0 aliphatic rings. The lowest BCUT2D eigenvalue weighted by Crippen LogP contribution is -2.34. The van der Waals surface area contributed by atoms with Crippen molar-refractivity contribution >= 4 is 17.5 Å². The highest BCUT2D eigenvalue weighted by Crippen LogP contribution is 2.18. The molecular weight excluding hydrogens is 344 g/mol. The summed E-state index contributed by atoms with van der Waals surface area (Å²) >= 11 is 0. The van der Waals surface area contributed by atoms with Gasteiger partial charge in [0, 0.05) is 23.9 Å². The van der Waals surface area contributed by atoms with Gasteiger partial charge >= 0.3 is 0 Å². The molecule has 1 aromatic heterocycles. The summed E-state index contributed by atoms with van der Waals surface area (Å²) in [7, 11) is 1.59. The fourth-order valence-electron chi connectivity index (χ4n) is 2.51. The maximum atomic E-state index is 12.5. The Morgan fingerprint density at radius 2 is 1.70 bits per heavy atom. The van der Waals surface area contributed by atoms with Gasteiger partial charge in [-0.15, -0.1) is 0 Å². The van der Waals surface area contributed by atoms with Crippen LogP contribution in [0.2, 0.25) is 0 Å². The number of aromatic nitrogens is 2. The number of likely N-dealkylation sites (N-methyl/N-ethyl adjacent to an activating group) is 1. The van der Waals surface area contributed by atoms with Crippen LogP contribution in [0.4, 0.5) is 5.69 Å². The first-order chi connectivity index (χ1) is 12.9. The Labute approximate surface area is 157 Å². The van der Waals surface area contributed by atoms with E-state index in [2.05, 4.69) is 15.5 Å². The lowest BCUT2D eigenvalue weighted by Gasteiger charge is -2.17. The zero-order valence-corrected chi connectivity index (χ0v) is 15.4. The first-order valence-corrected chi connectivity index (χ1v) is 8.45. The lowest BCUT2D eigenvalue weighted by atomic mass is 10.1. The van der Waals surface area contributed by atoms with Crippen LogP contribution in [0.15, 0.2) is 53.1 Å². The summed E-state index contributed by atoms with van der Waals surface area (Å²) < 4.78 is 5.11. The minimum Gasteiger partial charge on any atom is -0.334 e. The number of anilines is 1. The summed E-state index contributed by atoms with van der Waals surface area (Å²) in [6.45, 7) is 3.67. The van der Waals surface area contributed by atoms with Gasteiger partial charge in [-0.05, 0) is 50.2 Å². The molecule has 138 valence electrons. The summed E-state index contributed by atoms with van der Waals surface area (Å²) in [4.78, 5) is 30.2. The van der Waals surface area contributed by atoms with Gasteiger partial charge in [-0.3, -0.25) is 9.59 Å². The Bertz CT molecular complexity index is 946. The molecule has 1 N–H and O–H groups in total. The van der Waals surface area contributed by atoms with E-state index in [1.54, 1.807) is 38.2 Å². The van der Waals surface area contributed by atoms with Crippen molar-refractivity contribution in [3.63, 3.8) is 0 Å². The van der Waals surface area contributed by atoms with Gasteiger partial charge in [0.2, 0.25) is 5.91 Å². The molecule has 0 bridgehead atoms. The molecular formula is C20H20N4O3. The van der Waals surface area contributed by atoms with Gasteiger partial charge in [0.15, 0.2) is 5.82 Å². The predicted molar refractivity (Wildman–Crippen MR) is 101 cm³/mol. The second-order valence-electron chi connectivity index (χ2n) is 6.30. The number of nitrogens with zero attached hydrogens (tertiary/aromatic N) is 3. The molecule has 0 radical (unpaired) electrons. The smallest absolute Gasteiger partial charge is 0.257 e. The zero-order valence-electron chi connectivity index (χ0n) is 15.4. The van der Waals surface area contributed by atoms with E-state index in [1.165, 1.54) is 4.90 Å². The SMILES string of the molecule is Cc1ccc(NC(=O)CN(C)C(=O)c2ccc(-c3nc(C)no3)cc2)cc1. The van der Waals surface area contributed by atoms with Crippen molar-refractivity contribution in [2.45, 2.75) is 13.8 Å². The van der Waals surface area contributed by atoms with E-state index in [0.717, 1.165) is 11.1 Å². The summed E-state index contributed by atoms with van der Waals surface area (Å²) in [5.41, 5.74) is 3.01. The number of hydrogen-bond donors (Lipinski definition) is 1. The normalized spacial score (nSPS) is 10.5. The average molecular weight is 364 g/mol. The van der Waals surface area contributed by atoms with Crippen LogP contribution >= 0.6 is 0 Å². The molecule has 7 nitrogen and oxygen atoms in total. The first-order valence-electron chi connectivity index (χ1n) is 8.45. The van der Waals surface area contributed by atoms with Crippen molar-refractivity contribution in [3.05, 3.63) is 65.5 Å². The Hall–Kier alpha value is -3.48. The number of rotatable bonds is 5. The molecule has 0 spiro atoms. The minimum absolute atomic E-state index is 0.0443. The van der Waals surface area contributed by atoms with E-state index in [1.807, 2.05) is 31.2 Å². The van der Waals surface area contributed by atoms with E-state index < -0.39 is 0 Å². The molecule has 0 fully saturated rings. The van der Waals surface area contributed by atoms with Crippen molar-refractivity contribution in [1.29, 1.82) is 0 Å². The number of amides is 2. The third kappa shape index (κ3) is 4.58. The molecule has 0 unspecified atom stereocenters. The van der Waals surface area contributed by atoms with Crippen LogP contribution in [0.3, 0.4) is 0 Å². The highest BCUT2D eigenvalue weighted by Gasteiger charge is 2.16.